The van der Waals surface area contributed by atoms with Crippen molar-refractivity contribution in [2.75, 3.05) is 12.4 Å². The van der Waals surface area contributed by atoms with E-state index in [-0.39, 0.29) is 11.6 Å². The molecule has 88 valence electrons. The van der Waals surface area contributed by atoms with E-state index in [1.54, 1.807) is 37.5 Å². The van der Waals surface area contributed by atoms with Crippen molar-refractivity contribution in [2.45, 2.75) is 6.92 Å². The summed E-state index contributed by atoms with van der Waals surface area (Å²) in [7, 11) is 1.76. The minimum atomic E-state index is -0.376. The molecule has 0 aliphatic rings. The second kappa shape index (κ2) is 4.82. The monoisotopic (exact) mass is 232 g/mol. The van der Waals surface area contributed by atoms with Crippen LogP contribution in [0.1, 0.15) is 5.56 Å². The van der Waals surface area contributed by atoms with Gasteiger partial charge in [0.25, 0.3) is 0 Å². The van der Waals surface area contributed by atoms with Crippen molar-refractivity contribution in [3.05, 3.63) is 47.9 Å². The summed E-state index contributed by atoms with van der Waals surface area (Å²) in [4.78, 5) is 4.05. The Bertz CT molecular complexity index is 529. The molecule has 0 atom stereocenters. The Balaban J connectivity index is 2.27. The molecule has 1 heterocycles. The van der Waals surface area contributed by atoms with Crippen molar-refractivity contribution in [1.29, 1.82) is 0 Å². The summed E-state index contributed by atoms with van der Waals surface area (Å²) < 4.78 is 19.0. The van der Waals surface area contributed by atoms with Gasteiger partial charge < -0.3 is 10.1 Å². The van der Waals surface area contributed by atoms with Crippen LogP contribution in [0.3, 0.4) is 0 Å². The zero-order chi connectivity index (χ0) is 12.3. The van der Waals surface area contributed by atoms with Gasteiger partial charge in [-0.2, -0.15) is 0 Å². The van der Waals surface area contributed by atoms with Gasteiger partial charge in [0.2, 0.25) is 0 Å². The third-order valence-electron chi connectivity index (χ3n) is 2.30. The average Bonchev–Trinajstić information content (AvgIpc) is 2.34. The third kappa shape index (κ3) is 2.72. The predicted molar refractivity (Wildman–Crippen MR) is 65.0 cm³/mol. The van der Waals surface area contributed by atoms with Gasteiger partial charge in [0, 0.05) is 19.3 Å². The first kappa shape index (κ1) is 11.4. The smallest absolute Gasteiger partial charge is 0.165 e. The van der Waals surface area contributed by atoms with Gasteiger partial charge in [0.15, 0.2) is 11.6 Å². The summed E-state index contributed by atoms with van der Waals surface area (Å²) >= 11 is 0. The number of pyridine rings is 1. The number of rotatable bonds is 3. The zero-order valence-electron chi connectivity index (χ0n) is 9.70. The van der Waals surface area contributed by atoms with Crippen molar-refractivity contribution >= 4 is 5.82 Å². The Morgan fingerprint density at radius 2 is 2.06 bits per heavy atom. The summed E-state index contributed by atoms with van der Waals surface area (Å²) in [6, 6.07) is 8.15. The summed E-state index contributed by atoms with van der Waals surface area (Å²) in [5.41, 5.74) is 0.948. The molecule has 2 aromatic rings. The molecule has 0 saturated carbocycles. The SMILES string of the molecule is CNc1cc(Oc2cc(C)ccc2F)ccn1. The van der Waals surface area contributed by atoms with E-state index in [1.807, 2.05) is 6.92 Å². The molecule has 0 radical (unpaired) electrons. The van der Waals surface area contributed by atoms with Gasteiger partial charge >= 0.3 is 0 Å². The van der Waals surface area contributed by atoms with Crippen LogP contribution < -0.4 is 10.1 Å². The Labute approximate surface area is 99.3 Å². The molecule has 0 aliphatic carbocycles. The number of nitrogens with zero attached hydrogens (tertiary/aromatic N) is 1. The van der Waals surface area contributed by atoms with Crippen LogP contribution in [0.25, 0.3) is 0 Å². The Morgan fingerprint density at radius 1 is 1.24 bits per heavy atom. The van der Waals surface area contributed by atoms with Crippen LogP contribution in [0.15, 0.2) is 36.5 Å². The van der Waals surface area contributed by atoms with E-state index in [0.717, 1.165) is 5.56 Å². The van der Waals surface area contributed by atoms with Gasteiger partial charge in [-0.1, -0.05) is 6.07 Å². The Hall–Kier alpha value is -2.10. The minimum absolute atomic E-state index is 0.221. The lowest BCUT2D eigenvalue weighted by Gasteiger charge is -2.08. The largest absolute Gasteiger partial charge is 0.454 e. The first-order valence-corrected chi connectivity index (χ1v) is 5.27. The van der Waals surface area contributed by atoms with E-state index >= 15 is 0 Å². The van der Waals surface area contributed by atoms with Crippen molar-refractivity contribution in [1.82, 2.24) is 4.98 Å². The van der Waals surface area contributed by atoms with Crippen molar-refractivity contribution in [2.24, 2.45) is 0 Å². The number of nitrogens with one attached hydrogen (secondary N) is 1. The molecule has 0 amide bonds. The molecule has 3 nitrogen and oxygen atoms in total. The lowest BCUT2D eigenvalue weighted by Crippen LogP contribution is -1.93. The van der Waals surface area contributed by atoms with Gasteiger partial charge in [-0.3, -0.25) is 0 Å². The fraction of sp³-hybridized carbons (Fsp3) is 0.154. The molecule has 17 heavy (non-hydrogen) atoms. The predicted octanol–water partition coefficient (Wildman–Crippen LogP) is 3.36. The summed E-state index contributed by atoms with van der Waals surface area (Å²) in [5, 5.41) is 2.89. The molecular weight excluding hydrogens is 219 g/mol. The molecule has 2 rings (SSSR count). The normalized spacial score (nSPS) is 10.1. The van der Waals surface area contributed by atoms with E-state index in [2.05, 4.69) is 10.3 Å². The fourth-order valence-corrected chi connectivity index (χ4v) is 1.43. The summed E-state index contributed by atoms with van der Waals surface area (Å²) in [6.07, 6.45) is 1.61. The number of anilines is 1. The van der Waals surface area contributed by atoms with E-state index < -0.39 is 0 Å². The fourth-order valence-electron chi connectivity index (χ4n) is 1.43. The van der Waals surface area contributed by atoms with Gasteiger partial charge in [0.05, 0.1) is 0 Å². The van der Waals surface area contributed by atoms with Crippen LogP contribution >= 0.6 is 0 Å². The topological polar surface area (TPSA) is 34.1 Å². The standard InChI is InChI=1S/C13H13FN2O/c1-9-3-4-11(14)12(7-9)17-10-5-6-16-13(8-10)15-2/h3-8H,1-2H3,(H,15,16). The maximum absolute atomic E-state index is 13.5. The molecule has 1 aromatic carbocycles. The lowest BCUT2D eigenvalue weighted by molar-refractivity contribution is 0.441. The molecular formula is C13H13FN2O. The minimum Gasteiger partial charge on any atom is -0.454 e. The second-order valence-corrected chi connectivity index (χ2v) is 3.66. The van der Waals surface area contributed by atoms with Crippen LogP contribution in [0.4, 0.5) is 10.2 Å². The van der Waals surface area contributed by atoms with Crippen molar-refractivity contribution in [3.63, 3.8) is 0 Å². The molecule has 0 fully saturated rings. The first-order chi connectivity index (χ1) is 8.19. The number of aryl methyl sites for hydroxylation is 1. The van der Waals surface area contributed by atoms with Crippen LogP contribution in [0.2, 0.25) is 0 Å². The number of aromatic nitrogens is 1. The van der Waals surface area contributed by atoms with E-state index in [4.69, 9.17) is 4.74 Å². The van der Waals surface area contributed by atoms with E-state index in [0.29, 0.717) is 11.6 Å². The number of benzene rings is 1. The van der Waals surface area contributed by atoms with Crippen LogP contribution in [-0.2, 0) is 0 Å². The third-order valence-corrected chi connectivity index (χ3v) is 2.30. The zero-order valence-corrected chi connectivity index (χ0v) is 9.70. The van der Waals surface area contributed by atoms with Crippen molar-refractivity contribution < 1.29 is 9.13 Å². The van der Waals surface area contributed by atoms with E-state index in [1.165, 1.54) is 6.07 Å². The molecule has 1 N–H and O–H groups in total. The van der Waals surface area contributed by atoms with Gasteiger partial charge in [0.1, 0.15) is 11.6 Å². The Kier molecular flexibility index (Phi) is 3.23. The molecule has 0 unspecified atom stereocenters. The highest BCUT2D eigenvalue weighted by Gasteiger charge is 2.05. The highest BCUT2D eigenvalue weighted by Crippen LogP contribution is 2.26. The number of halogens is 1. The highest BCUT2D eigenvalue weighted by atomic mass is 19.1. The summed E-state index contributed by atoms with van der Waals surface area (Å²) in [6.45, 7) is 1.89. The number of ether oxygens (including phenoxy) is 1. The second-order valence-electron chi connectivity index (χ2n) is 3.66. The number of hydrogen-bond donors (Lipinski definition) is 1. The Morgan fingerprint density at radius 3 is 2.82 bits per heavy atom. The lowest BCUT2D eigenvalue weighted by atomic mass is 10.2. The average molecular weight is 232 g/mol. The first-order valence-electron chi connectivity index (χ1n) is 5.27. The summed E-state index contributed by atoms with van der Waals surface area (Å²) in [5.74, 6) is 1.07. The highest BCUT2D eigenvalue weighted by molar-refractivity contribution is 5.42. The molecule has 0 spiro atoms. The molecule has 0 aliphatic heterocycles. The van der Waals surface area contributed by atoms with Crippen LogP contribution in [0, 0.1) is 12.7 Å². The van der Waals surface area contributed by atoms with Gasteiger partial charge in [-0.15, -0.1) is 0 Å². The molecule has 0 bridgehead atoms. The van der Waals surface area contributed by atoms with Gasteiger partial charge in [-0.25, -0.2) is 9.37 Å². The quantitative estimate of drug-likeness (QED) is 0.881. The maximum atomic E-state index is 13.5. The molecule has 1 aromatic heterocycles. The van der Waals surface area contributed by atoms with Crippen LogP contribution in [0.5, 0.6) is 11.5 Å². The van der Waals surface area contributed by atoms with Gasteiger partial charge in [-0.05, 0) is 30.7 Å². The molecule has 4 heteroatoms. The maximum Gasteiger partial charge on any atom is 0.165 e. The van der Waals surface area contributed by atoms with Crippen molar-refractivity contribution in [3.8, 4) is 11.5 Å². The number of hydrogen-bond acceptors (Lipinski definition) is 3. The van der Waals surface area contributed by atoms with E-state index in [9.17, 15) is 4.39 Å². The molecule has 0 saturated heterocycles. The van der Waals surface area contributed by atoms with Crippen LogP contribution in [-0.4, -0.2) is 12.0 Å².